The lowest BCUT2D eigenvalue weighted by Crippen LogP contribution is -2.49. The molecule has 1 atom stereocenters. The van der Waals surface area contributed by atoms with E-state index in [1.165, 1.54) is 4.90 Å². The topological polar surface area (TPSA) is 65.1 Å². The Balaban J connectivity index is 2.38. The van der Waals surface area contributed by atoms with Crippen molar-refractivity contribution in [3.05, 3.63) is 35.9 Å². The molecular weight excluding hydrogens is 346 g/mol. The molecule has 1 aliphatic heterocycles. The second-order valence-electron chi connectivity index (χ2n) is 7.76. The molecule has 1 aromatic carbocycles. The molecule has 0 saturated carbocycles. The number of carbonyl (C=O) groups excluding carboxylic acids is 2. The van der Waals surface area contributed by atoms with E-state index in [-0.39, 0.29) is 19.1 Å². The number of rotatable bonds is 4. The first kappa shape index (κ1) is 20.8. The van der Waals surface area contributed by atoms with E-state index in [1.807, 2.05) is 51.1 Å². The summed E-state index contributed by atoms with van der Waals surface area (Å²) in [5.41, 5.74) is 0.149. The largest absolute Gasteiger partial charge is 0.497 e. The lowest BCUT2D eigenvalue weighted by Gasteiger charge is -2.39. The number of methoxy groups -OCH3 is 1. The molecule has 0 aliphatic carbocycles. The highest BCUT2D eigenvalue weighted by Gasteiger charge is 2.44. The summed E-state index contributed by atoms with van der Waals surface area (Å²) in [6.07, 6.45) is 1.45. The fourth-order valence-corrected chi connectivity index (χ4v) is 3.10. The van der Waals surface area contributed by atoms with Crippen molar-refractivity contribution in [2.75, 3.05) is 26.8 Å². The molecule has 148 valence electrons. The Morgan fingerprint density at radius 3 is 2.33 bits per heavy atom. The fourth-order valence-electron chi connectivity index (χ4n) is 3.10. The van der Waals surface area contributed by atoms with Crippen LogP contribution in [0.2, 0.25) is 0 Å². The smallest absolute Gasteiger partial charge is 0.410 e. The first-order valence-electron chi connectivity index (χ1n) is 9.11. The normalized spacial score (nSPS) is 19.9. The maximum absolute atomic E-state index is 12.8. The van der Waals surface area contributed by atoms with Gasteiger partial charge in [-0.2, -0.15) is 0 Å². The van der Waals surface area contributed by atoms with E-state index in [1.54, 1.807) is 21.0 Å². The van der Waals surface area contributed by atoms with E-state index in [0.717, 1.165) is 16.9 Å². The average molecular weight is 375 g/mol. The van der Waals surface area contributed by atoms with Crippen LogP contribution in [0.25, 0.3) is 5.57 Å². The highest BCUT2D eigenvalue weighted by molar-refractivity contribution is 5.94. The van der Waals surface area contributed by atoms with Crippen LogP contribution >= 0.6 is 0 Å². The molecular formula is C21H29NO5. The van der Waals surface area contributed by atoms with Gasteiger partial charge in [-0.05, 0) is 57.9 Å². The third-order valence-corrected chi connectivity index (χ3v) is 4.40. The predicted molar refractivity (Wildman–Crippen MR) is 104 cm³/mol. The maximum atomic E-state index is 12.8. The maximum Gasteiger partial charge on any atom is 0.410 e. The number of benzene rings is 1. The summed E-state index contributed by atoms with van der Waals surface area (Å²) >= 11 is 0. The van der Waals surface area contributed by atoms with Crippen LogP contribution in [0.5, 0.6) is 5.75 Å². The summed E-state index contributed by atoms with van der Waals surface area (Å²) in [7, 11) is 1.61. The van der Waals surface area contributed by atoms with Gasteiger partial charge >= 0.3 is 12.1 Å². The number of amides is 1. The molecule has 1 amide bonds. The number of nitrogens with zero attached hydrogens (tertiary/aromatic N) is 1. The zero-order valence-corrected chi connectivity index (χ0v) is 17.0. The lowest BCUT2D eigenvalue weighted by molar-refractivity contribution is -0.151. The molecule has 0 saturated heterocycles. The minimum atomic E-state index is -0.986. The summed E-state index contributed by atoms with van der Waals surface area (Å²) in [5, 5.41) is 0. The molecule has 0 aromatic heterocycles. The van der Waals surface area contributed by atoms with E-state index < -0.39 is 17.1 Å². The van der Waals surface area contributed by atoms with Gasteiger partial charge in [0, 0.05) is 13.1 Å². The molecule has 0 N–H and O–H groups in total. The van der Waals surface area contributed by atoms with Gasteiger partial charge in [0.15, 0.2) is 0 Å². The first-order chi connectivity index (χ1) is 12.6. The van der Waals surface area contributed by atoms with Gasteiger partial charge in [-0.15, -0.1) is 0 Å². The third-order valence-electron chi connectivity index (χ3n) is 4.40. The molecule has 0 spiro atoms. The molecule has 1 heterocycles. The van der Waals surface area contributed by atoms with Crippen LogP contribution in [0.15, 0.2) is 30.3 Å². The molecule has 0 fully saturated rings. The number of hydrogen-bond donors (Lipinski definition) is 0. The van der Waals surface area contributed by atoms with Gasteiger partial charge in [-0.1, -0.05) is 18.2 Å². The Labute approximate surface area is 161 Å². The van der Waals surface area contributed by atoms with E-state index in [9.17, 15) is 9.59 Å². The van der Waals surface area contributed by atoms with Crippen molar-refractivity contribution in [1.82, 2.24) is 4.90 Å². The Hall–Kier alpha value is -2.50. The third kappa shape index (κ3) is 4.81. The monoisotopic (exact) mass is 375 g/mol. The minimum absolute atomic E-state index is 0.193. The first-order valence-corrected chi connectivity index (χ1v) is 9.11. The minimum Gasteiger partial charge on any atom is -0.497 e. The molecule has 1 aliphatic rings. The van der Waals surface area contributed by atoms with Crippen molar-refractivity contribution in [2.24, 2.45) is 5.41 Å². The average Bonchev–Trinajstić information content (AvgIpc) is 2.60. The van der Waals surface area contributed by atoms with Gasteiger partial charge in [-0.3, -0.25) is 4.79 Å². The zero-order valence-electron chi connectivity index (χ0n) is 17.0. The van der Waals surface area contributed by atoms with Crippen LogP contribution in [0, 0.1) is 5.41 Å². The van der Waals surface area contributed by atoms with Crippen LogP contribution in [0.4, 0.5) is 4.79 Å². The Morgan fingerprint density at radius 1 is 1.19 bits per heavy atom. The highest BCUT2D eigenvalue weighted by atomic mass is 16.6. The van der Waals surface area contributed by atoms with Crippen molar-refractivity contribution in [3.63, 3.8) is 0 Å². The van der Waals surface area contributed by atoms with Crippen molar-refractivity contribution in [1.29, 1.82) is 0 Å². The lowest BCUT2D eigenvalue weighted by atomic mass is 9.76. The van der Waals surface area contributed by atoms with Gasteiger partial charge < -0.3 is 19.1 Å². The second kappa shape index (κ2) is 8.03. The molecule has 0 radical (unpaired) electrons. The molecule has 1 aromatic rings. The van der Waals surface area contributed by atoms with Crippen molar-refractivity contribution < 1.29 is 23.8 Å². The number of ether oxygens (including phenoxy) is 3. The molecule has 2 rings (SSSR count). The summed E-state index contributed by atoms with van der Waals surface area (Å²) in [5.74, 6) is 0.378. The molecule has 27 heavy (non-hydrogen) atoms. The van der Waals surface area contributed by atoms with Crippen LogP contribution in [-0.4, -0.2) is 49.4 Å². The van der Waals surface area contributed by atoms with E-state index >= 15 is 0 Å². The molecule has 0 bridgehead atoms. The molecule has 6 nitrogen and oxygen atoms in total. The Bertz CT molecular complexity index is 717. The zero-order chi connectivity index (χ0) is 20.2. The second-order valence-corrected chi connectivity index (χ2v) is 7.76. The van der Waals surface area contributed by atoms with Crippen LogP contribution in [0.3, 0.4) is 0 Å². The highest BCUT2D eigenvalue weighted by Crippen LogP contribution is 2.40. The predicted octanol–water partition coefficient (Wildman–Crippen LogP) is 3.90. The van der Waals surface area contributed by atoms with E-state index in [2.05, 4.69) is 0 Å². The SMILES string of the molecule is CCOC(=O)C1(C)CN(C(=O)OC(C)(C)C)CC=C1c1ccc(OC)cc1. The Morgan fingerprint density at radius 2 is 1.81 bits per heavy atom. The number of esters is 1. The number of hydrogen-bond acceptors (Lipinski definition) is 5. The van der Waals surface area contributed by atoms with Gasteiger partial charge in [0.25, 0.3) is 0 Å². The molecule has 1 unspecified atom stereocenters. The van der Waals surface area contributed by atoms with E-state index in [4.69, 9.17) is 14.2 Å². The summed E-state index contributed by atoms with van der Waals surface area (Å²) in [6.45, 7) is 9.86. The Kier molecular flexibility index (Phi) is 6.19. The van der Waals surface area contributed by atoms with Gasteiger partial charge in [0.1, 0.15) is 16.8 Å². The van der Waals surface area contributed by atoms with Gasteiger partial charge in [0.05, 0.1) is 13.7 Å². The van der Waals surface area contributed by atoms with Gasteiger partial charge in [0.2, 0.25) is 0 Å². The standard InChI is InChI=1S/C21H29NO5/c1-7-26-18(23)21(5)14-22(19(24)27-20(2,3)4)13-12-17(21)15-8-10-16(25-6)11-9-15/h8-12H,7,13-14H2,1-6H3. The fraction of sp³-hybridized carbons (Fsp3) is 0.524. The number of carbonyl (C=O) groups is 2. The quantitative estimate of drug-likeness (QED) is 0.747. The van der Waals surface area contributed by atoms with Crippen LogP contribution < -0.4 is 4.74 Å². The summed E-state index contributed by atoms with van der Waals surface area (Å²) in [6, 6.07) is 7.51. The molecule has 6 heteroatoms. The van der Waals surface area contributed by atoms with Gasteiger partial charge in [-0.25, -0.2) is 4.79 Å². The van der Waals surface area contributed by atoms with E-state index in [0.29, 0.717) is 6.54 Å². The van der Waals surface area contributed by atoms with Crippen molar-refractivity contribution in [2.45, 2.75) is 40.2 Å². The summed E-state index contributed by atoms with van der Waals surface area (Å²) in [4.78, 5) is 26.9. The van der Waals surface area contributed by atoms with Crippen molar-refractivity contribution >= 4 is 17.6 Å². The summed E-state index contributed by atoms with van der Waals surface area (Å²) < 4.78 is 16.0. The van der Waals surface area contributed by atoms with Crippen molar-refractivity contribution in [3.8, 4) is 5.75 Å². The van der Waals surface area contributed by atoms with Crippen LogP contribution in [-0.2, 0) is 14.3 Å². The van der Waals surface area contributed by atoms with Crippen LogP contribution in [0.1, 0.15) is 40.2 Å².